The minimum Gasteiger partial charge on any atom is -0.465 e. The van der Waals surface area contributed by atoms with Crippen molar-refractivity contribution in [2.24, 2.45) is 0 Å². The van der Waals surface area contributed by atoms with Crippen LogP contribution < -0.4 is 5.46 Å². The van der Waals surface area contributed by atoms with Gasteiger partial charge in [-0.2, -0.15) is 0 Å². The number of carbonyl (C=O) groups excluding carboxylic acids is 1. The highest BCUT2D eigenvalue weighted by Gasteiger charge is 2.15. The number of carbonyl (C=O) groups is 1. The van der Waals surface area contributed by atoms with Gasteiger partial charge in [0.1, 0.15) is 0 Å². The summed E-state index contributed by atoms with van der Waals surface area (Å²) in [6.45, 7) is 14.4. The molecule has 0 saturated carbocycles. The Morgan fingerprint density at radius 3 is 2.00 bits per heavy atom. The lowest BCUT2D eigenvalue weighted by Crippen LogP contribution is -2.29. The van der Waals surface area contributed by atoms with Crippen molar-refractivity contribution in [1.82, 2.24) is 0 Å². The second kappa shape index (κ2) is 10.9. The molecule has 0 saturated heterocycles. The number of hydrogen-bond donors (Lipinski definition) is 0. The Hall–Kier alpha value is -1.25. The molecule has 0 aliphatic carbocycles. The number of rotatable bonds is 2. The first-order chi connectivity index (χ1) is 8.56. The molecule has 0 aliphatic rings. The normalized spacial score (nSPS) is 8.22. The van der Waals surface area contributed by atoms with Crippen LogP contribution in [0.5, 0.6) is 0 Å². The van der Waals surface area contributed by atoms with E-state index in [9.17, 15) is 4.79 Å². The van der Waals surface area contributed by atoms with Gasteiger partial charge in [0.05, 0.1) is 12.7 Å². The summed E-state index contributed by atoms with van der Waals surface area (Å²) in [5.41, 5.74) is 2.81. The Balaban J connectivity index is 0. The zero-order valence-corrected chi connectivity index (χ0v) is 13.1. The van der Waals surface area contributed by atoms with E-state index in [0.29, 0.717) is 12.3 Å². The first kappa shape index (κ1) is 19.1. The molecule has 3 heteroatoms. The minimum atomic E-state index is -0.252. The van der Waals surface area contributed by atoms with E-state index >= 15 is 0 Å². The van der Waals surface area contributed by atoms with Crippen LogP contribution in [0.3, 0.4) is 0 Å². The van der Waals surface area contributed by atoms with Crippen molar-refractivity contribution in [3.8, 4) is 0 Å². The van der Waals surface area contributed by atoms with E-state index < -0.39 is 0 Å². The lowest BCUT2D eigenvalue weighted by molar-refractivity contribution is 0.0602. The average molecular weight is 250 g/mol. The molecule has 0 aliphatic heterocycles. The van der Waals surface area contributed by atoms with Gasteiger partial charge in [0.15, 0.2) is 6.71 Å². The van der Waals surface area contributed by atoms with Crippen molar-refractivity contribution >= 4 is 18.1 Å². The third-order valence-electron chi connectivity index (χ3n) is 2.24. The van der Waals surface area contributed by atoms with Crippen LogP contribution in [0.4, 0.5) is 0 Å². The summed E-state index contributed by atoms with van der Waals surface area (Å²) in [5.74, 6) is -0.252. The molecule has 0 amide bonds. The van der Waals surface area contributed by atoms with E-state index in [1.165, 1.54) is 7.11 Å². The monoisotopic (exact) mass is 250 g/mol. The van der Waals surface area contributed by atoms with Crippen molar-refractivity contribution in [1.29, 1.82) is 0 Å². The number of esters is 1. The van der Waals surface area contributed by atoms with Crippen LogP contribution >= 0.6 is 0 Å². The van der Waals surface area contributed by atoms with Crippen LogP contribution in [0.15, 0.2) is 18.2 Å². The third kappa shape index (κ3) is 5.90. The largest absolute Gasteiger partial charge is 0.465 e. The summed E-state index contributed by atoms with van der Waals surface area (Å²) in [4.78, 5) is 11.5. The fourth-order valence-electron chi connectivity index (χ4n) is 1.46. The van der Waals surface area contributed by atoms with Gasteiger partial charge in [0.25, 0.3) is 0 Å². The molecule has 102 valence electrons. The number of ether oxygens (including phenoxy) is 1. The molecule has 0 unspecified atom stereocenters. The summed E-state index contributed by atoms with van der Waals surface area (Å²) in [6.07, 6.45) is 0. The van der Waals surface area contributed by atoms with Gasteiger partial charge in [-0.25, -0.2) is 4.79 Å². The summed E-state index contributed by atoms with van der Waals surface area (Å²) in [7, 11) is 1.41. The minimum absolute atomic E-state index is 0.252. The molecule has 18 heavy (non-hydrogen) atoms. The van der Waals surface area contributed by atoms with E-state index in [2.05, 4.69) is 13.6 Å². The topological polar surface area (TPSA) is 26.3 Å². The van der Waals surface area contributed by atoms with Crippen molar-refractivity contribution < 1.29 is 9.53 Å². The molecular formula is C15H27BO2. The van der Waals surface area contributed by atoms with E-state index in [4.69, 9.17) is 4.74 Å². The number of aryl methyl sites for hydroxylation is 1. The molecule has 1 rings (SSSR count). The Bertz CT molecular complexity index is 346. The number of benzene rings is 1. The molecule has 1 aromatic carbocycles. The summed E-state index contributed by atoms with van der Waals surface area (Å²) in [6, 6.07) is 5.88. The van der Waals surface area contributed by atoms with Crippen LogP contribution in [0.25, 0.3) is 0 Å². The first-order valence-electron chi connectivity index (χ1n) is 6.75. The summed E-state index contributed by atoms with van der Waals surface area (Å²) < 4.78 is 4.74. The van der Waals surface area contributed by atoms with Gasteiger partial charge in [0.2, 0.25) is 0 Å². The van der Waals surface area contributed by atoms with Crippen LogP contribution in [0.2, 0.25) is 13.6 Å². The van der Waals surface area contributed by atoms with Gasteiger partial charge in [0, 0.05) is 0 Å². The fourth-order valence-corrected chi connectivity index (χ4v) is 1.46. The number of hydrogen-bond acceptors (Lipinski definition) is 2. The van der Waals surface area contributed by atoms with Gasteiger partial charge >= 0.3 is 5.97 Å². The first-order valence-corrected chi connectivity index (χ1v) is 6.75. The Labute approximate surface area is 113 Å². The second-order valence-electron chi connectivity index (χ2n) is 3.74. The van der Waals surface area contributed by atoms with Crippen LogP contribution in [-0.4, -0.2) is 19.8 Å². The molecule has 0 heterocycles. The SMILES string of the molecule is CC.CC.COC(=O)c1cc(C)ccc1B(C)C. The van der Waals surface area contributed by atoms with Crippen molar-refractivity contribution in [3.05, 3.63) is 29.3 Å². The van der Waals surface area contributed by atoms with Gasteiger partial charge in [-0.3, -0.25) is 0 Å². The molecule has 0 fully saturated rings. The molecule has 0 bridgehead atoms. The van der Waals surface area contributed by atoms with Gasteiger partial charge < -0.3 is 4.74 Å². The van der Waals surface area contributed by atoms with Crippen LogP contribution in [0, 0.1) is 6.92 Å². The average Bonchev–Trinajstić information content (AvgIpc) is 2.42. The molecule has 1 aromatic rings. The van der Waals surface area contributed by atoms with E-state index in [1.807, 2.05) is 52.8 Å². The van der Waals surface area contributed by atoms with Gasteiger partial charge in [-0.05, 0) is 13.0 Å². The Morgan fingerprint density at radius 1 is 1.11 bits per heavy atom. The van der Waals surface area contributed by atoms with Crippen LogP contribution in [0.1, 0.15) is 43.6 Å². The van der Waals surface area contributed by atoms with Gasteiger partial charge in [-0.1, -0.05) is 64.5 Å². The molecule has 0 N–H and O–H groups in total. The highest BCUT2D eigenvalue weighted by molar-refractivity contribution is 6.71. The smallest absolute Gasteiger partial charge is 0.337 e. The number of methoxy groups -OCH3 is 1. The molecule has 0 aromatic heterocycles. The molecular weight excluding hydrogens is 223 g/mol. The van der Waals surface area contributed by atoms with Crippen LogP contribution in [-0.2, 0) is 4.74 Å². The Kier molecular flexibility index (Phi) is 11.5. The maximum Gasteiger partial charge on any atom is 0.337 e. The zero-order chi connectivity index (χ0) is 14.7. The predicted molar refractivity (Wildman–Crippen MR) is 82.3 cm³/mol. The molecule has 2 nitrogen and oxygen atoms in total. The quantitative estimate of drug-likeness (QED) is 0.589. The van der Waals surface area contributed by atoms with Crippen molar-refractivity contribution in [3.63, 3.8) is 0 Å². The second-order valence-corrected chi connectivity index (χ2v) is 3.74. The lowest BCUT2D eigenvalue weighted by Gasteiger charge is -2.09. The van der Waals surface area contributed by atoms with Gasteiger partial charge in [-0.15, -0.1) is 0 Å². The lowest BCUT2D eigenvalue weighted by atomic mass is 9.48. The predicted octanol–water partition coefficient (Wildman–Crippen LogP) is 3.80. The van der Waals surface area contributed by atoms with E-state index in [0.717, 1.165) is 11.0 Å². The highest BCUT2D eigenvalue weighted by Crippen LogP contribution is 2.05. The Morgan fingerprint density at radius 2 is 1.61 bits per heavy atom. The molecule has 0 spiro atoms. The summed E-state index contributed by atoms with van der Waals surface area (Å²) >= 11 is 0. The van der Waals surface area contributed by atoms with E-state index in [-0.39, 0.29) is 5.97 Å². The standard InChI is InChI=1S/C11H15BO2.2C2H6/c1-8-5-6-10(12(2)3)9(7-8)11(13)14-4;2*1-2/h5-7H,1-4H3;2*1-2H3. The summed E-state index contributed by atoms with van der Waals surface area (Å²) in [5, 5.41) is 0. The van der Waals surface area contributed by atoms with E-state index in [1.54, 1.807) is 0 Å². The van der Waals surface area contributed by atoms with Crippen molar-refractivity contribution in [2.75, 3.05) is 7.11 Å². The maximum atomic E-state index is 11.5. The molecule has 0 atom stereocenters. The molecule has 0 radical (unpaired) electrons. The third-order valence-corrected chi connectivity index (χ3v) is 2.24. The zero-order valence-electron chi connectivity index (χ0n) is 13.1. The maximum absolute atomic E-state index is 11.5. The van der Waals surface area contributed by atoms with Crippen molar-refractivity contribution in [2.45, 2.75) is 48.3 Å². The fraction of sp³-hybridized carbons (Fsp3) is 0.533. The highest BCUT2D eigenvalue weighted by atomic mass is 16.5.